The van der Waals surface area contributed by atoms with Crippen LogP contribution in [0.4, 0.5) is 13.6 Å². The highest BCUT2D eigenvalue weighted by Crippen LogP contribution is 2.37. The van der Waals surface area contributed by atoms with Crippen molar-refractivity contribution in [2.45, 2.75) is 83.8 Å². The lowest BCUT2D eigenvalue weighted by atomic mass is 9.74. The van der Waals surface area contributed by atoms with E-state index >= 15 is 0 Å². The van der Waals surface area contributed by atoms with Crippen molar-refractivity contribution in [1.29, 1.82) is 0 Å². The van der Waals surface area contributed by atoms with E-state index in [9.17, 15) is 28.0 Å². The van der Waals surface area contributed by atoms with Crippen molar-refractivity contribution >= 4 is 23.9 Å². The maximum absolute atomic E-state index is 13.4. The zero-order valence-corrected chi connectivity index (χ0v) is 22.5. The molecule has 0 aromatic rings. The number of alkyl halides is 2. The molecule has 2 aliphatic heterocycles. The molecule has 13 heteroatoms. The number of halogens is 2. The molecule has 216 valence electrons. The molecule has 2 heterocycles. The number of piperazine rings is 1. The first-order valence-corrected chi connectivity index (χ1v) is 13.3. The van der Waals surface area contributed by atoms with Crippen molar-refractivity contribution in [3.05, 3.63) is 0 Å². The smallest absolute Gasteiger partial charge is 0.410 e. The summed E-state index contributed by atoms with van der Waals surface area (Å²) in [4.78, 5) is 52.8. The van der Waals surface area contributed by atoms with Gasteiger partial charge in [0.25, 0.3) is 0 Å². The summed E-state index contributed by atoms with van der Waals surface area (Å²) in [5.74, 6) is -2.79. The predicted molar refractivity (Wildman–Crippen MR) is 131 cm³/mol. The van der Waals surface area contributed by atoms with Gasteiger partial charge in [-0.2, -0.15) is 8.78 Å². The Morgan fingerprint density at radius 3 is 2.39 bits per heavy atom. The molecular weight excluding hydrogens is 506 g/mol. The van der Waals surface area contributed by atoms with Gasteiger partial charge >= 0.3 is 18.7 Å². The van der Waals surface area contributed by atoms with Crippen LogP contribution >= 0.6 is 0 Å². The molecule has 3 amide bonds. The van der Waals surface area contributed by atoms with Crippen LogP contribution in [0, 0.1) is 11.8 Å². The Labute approximate surface area is 221 Å². The average molecular weight is 547 g/mol. The highest BCUT2D eigenvalue weighted by molar-refractivity contribution is 6.00. The number of carbonyl (C=O) groups excluding carboxylic acids is 4. The lowest BCUT2D eigenvalue weighted by molar-refractivity contribution is -0.205. The van der Waals surface area contributed by atoms with Crippen LogP contribution in [0.2, 0.25) is 0 Å². The van der Waals surface area contributed by atoms with E-state index in [2.05, 4.69) is 15.5 Å². The van der Waals surface area contributed by atoms with E-state index < -0.39 is 54.2 Å². The molecule has 5 unspecified atom stereocenters. The molecule has 3 fully saturated rings. The van der Waals surface area contributed by atoms with Crippen LogP contribution < -0.4 is 10.6 Å². The fourth-order valence-electron chi connectivity index (χ4n) is 5.45. The number of esters is 1. The minimum atomic E-state index is -3.07. The van der Waals surface area contributed by atoms with Crippen LogP contribution in [-0.4, -0.2) is 103 Å². The van der Waals surface area contributed by atoms with Crippen LogP contribution in [0.3, 0.4) is 0 Å². The van der Waals surface area contributed by atoms with Gasteiger partial charge in [0.1, 0.15) is 5.60 Å². The standard InChI is InChI=1S/C25H40F2N4O7/c1-5-36-22(34)20-15(14-28-17-6-7-19(32)29-21(17)33)12-16(13-18(20)37-23(26)27)30-8-10-31(11-9-30)24(35)38-25(2,3)4/h15-18,20,23,28H,5-14H2,1-4H3,(H,29,32,33). The van der Waals surface area contributed by atoms with Gasteiger partial charge in [-0.05, 0) is 59.4 Å². The van der Waals surface area contributed by atoms with Crippen molar-refractivity contribution in [3.63, 3.8) is 0 Å². The molecule has 11 nitrogen and oxygen atoms in total. The van der Waals surface area contributed by atoms with Gasteiger partial charge in [-0.15, -0.1) is 0 Å². The molecule has 2 N–H and O–H groups in total. The van der Waals surface area contributed by atoms with Crippen LogP contribution in [-0.2, 0) is 28.6 Å². The van der Waals surface area contributed by atoms with Crippen molar-refractivity contribution in [1.82, 2.24) is 20.4 Å². The van der Waals surface area contributed by atoms with Crippen LogP contribution in [0.1, 0.15) is 53.4 Å². The minimum absolute atomic E-state index is 0.0973. The van der Waals surface area contributed by atoms with Gasteiger partial charge in [0.05, 0.1) is 24.7 Å². The fraction of sp³-hybridized carbons (Fsp3) is 0.840. The molecule has 1 aliphatic carbocycles. The Morgan fingerprint density at radius 1 is 1.13 bits per heavy atom. The highest BCUT2D eigenvalue weighted by atomic mass is 19.3. The first kappa shape index (κ1) is 30.2. The van der Waals surface area contributed by atoms with E-state index in [0.717, 1.165) is 0 Å². The first-order valence-electron chi connectivity index (χ1n) is 13.3. The zero-order valence-electron chi connectivity index (χ0n) is 22.5. The number of imide groups is 1. The number of hydrogen-bond acceptors (Lipinski definition) is 9. The topological polar surface area (TPSA) is 127 Å². The number of piperidine rings is 1. The van der Waals surface area contributed by atoms with Crippen molar-refractivity contribution in [3.8, 4) is 0 Å². The summed E-state index contributed by atoms with van der Waals surface area (Å²) >= 11 is 0. The third-order valence-electron chi connectivity index (χ3n) is 7.17. The molecule has 0 aromatic heterocycles. The number of amides is 3. The largest absolute Gasteiger partial charge is 0.466 e. The molecule has 0 radical (unpaired) electrons. The molecule has 0 aromatic carbocycles. The molecule has 5 atom stereocenters. The summed E-state index contributed by atoms with van der Waals surface area (Å²) in [7, 11) is 0. The maximum atomic E-state index is 13.4. The van der Waals surface area contributed by atoms with Gasteiger partial charge in [-0.1, -0.05) is 0 Å². The quantitative estimate of drug-likeness (QED) is 0.344. The van der Waals surface area contributed by atoms with E-state index in [-0.39, 0.29) is 37.9 Å². The Morgan fingerprint density at radius 2 is 1.82 bits per heavy atom. The summed E-state index contributed by atoms with van der Waals surface area (Å²) in [6.07, 6.45) is -0.279. The number of ether oxygens (including phenoxy) is 3. The summed E-state index contributed by atoms with van der Waals surface area (Å²) in [5, 5.41) is 5.41. The maximum Gasteiger partial charge on any atom is 0.410 e. The number of nitrogens with zero attached hydrogens (tertiary/aromatic N) is 2. The summed E-state index contributed by atoms with van der Waals surface area (Å²) in [6, 6.07) is -0.804. The van der Waals surface area contributed by atoms with E-state index in [4.69, 9.17) is 14.2 Å². The molecule has 0 bridgehead atoms. The van der Waals surface area contributed by atoms with Gasteiger partial charge < -0.3 is 24.4 Å². The first-order chi connectivity index (χ1) is 17.9. The minimum Gasteiger partial charge on any atom is -0.466 e. The number of hydrogen-bond donors (Lipinski definition) is 2. The summed E-state index contributed by atoms with van der Waals surface area (Å²) < 4.78 is 42.5. The van der Waals surface area contributed by atoms with Crippen LogP contribution in [0.5, 0.6) is 0 Å². The van der Waals surface area contributed by atoms with E-state index in [1.165, 1.54) is 0 Å². The van der Waals surface area contributed by atoms with Crippen molar-refractivity contribution in [2.75, 3.05) is 39.3 Å². The molecule has 2 saturated heterocycles. The normalized spacial score (nSPS) is 29.2. The van der Waals surface area contributed by atoms with E-state index in [1.807, 2.05) is 0 Å². The molecular formula is C25H40F2N4O7. The van der Waals surface area contributed by atoms with Crippen LogP contribution in [0.25, 0.3) is 0 Å². The van der Waals surface area contributed by atoms with Gasteiger partial charge in [0.2, 0.25) is 11.8 Å². The summed E-state index contributed by atoms with van der Waals surface area (Å²) in [6.45, 7) is 6.15. The van der Waals surface area contributed by atoms with E-state index in [1.54, 1.807) is 32.6 Å². The Balaban J connectivity index is 1.72. The van der Waals surface area contributed by atoms with Crippen LogP contribution in [0.15, 0.2) is 0 Å². The number of nitrogens with one attached hydrogen (secondary N) is 2. The fourth-order valence-corrected chi connectivity index (χ4v) is 5.45. The third-order valence-corrected chi connectivity index (χ3v) is 7.17. The SMILES string of the molecule is CCOC(=O)C1C(CNC2CCC(=O)NC2=O)CC(N2CCN(C(=O)OC(C)(C)C)CC2)CC1OC(F)F. The molecule has 1 saturated carbocycles. The lowest BCUT2D eigenvalue weighted by Gasteiger charge is -2.46. The monoisotopic (exact) mass is 546 g/mol. The van der Waals surface area contributed by atoms with Crippen molar-refractivity contribution in [2.24, 2.45) is 11.8 Å². The zero-order chi connectivity index (χ0) is 28.0. The number of carbonyl (C=O) groups is 4. The Kier molecular flexibility index (Phi) is 10.4. The molecule has 3 aliphatic rings. The molecule has 0 spiro atoms. The lowest BCUT2D eigenvalue weighted by Crippen LogP contribution is -2.58. The third kappa shape index (κ3) is 8.31. The summed E-state index contributed by atoms with van der Waals surface area (Å²) in [5.41, 5.74) is -0.609. The van der Waals surface area contributed by atoms with Gasteiger partial charge in [0.15, 0.2) is 0 Å². The highest BCUT2D eigenvalue weighted by Gasteiger charge is 2.47. The van der Waals surface area contributed by atoms with Gasteiger partial charge in [0, 0.05) is 38.6 Å². The van der Waals surface area contributed by atoms with Crippen molar-refractivity contribution < 1.29 is 42.2 Å². The van der Waals surface area contributed by atoms with Gasteiger partial charge in [-0.3, -0.25) is 24.6 Å². The second kappa shape index (κ2) is 13.1. The van der Waals surface area contributed by atoms with Gasteiger partial charge in [-0.25, -0.2) is 4.79 Å². The number of rotatable bonds is 8. The molecule has 3 rings (SSSR count). The average Bonchev–Trinajstić information content (AvgIpc) is 2.82. The molecule has 38 heavy (non-hydrogen) atoms. The Hall–Kier alpha value is -2.38. The van der Waals surface area contributed by atoms with E-state index in [0.29, 0.717) is 39.0 Å². The second-order valence-electron chi connectivity index (χ2n) is 11.0. The Bertz CT molecular complexity index is 861. The predicted octanol–water partition coefficient (Wildman–Crippen LogP) is 1.50. The second-order valence-corrected chi connectivity index (χ2v) is 11.0.